The first kappa shape index (κ1) is 32.4. The molecule has 0 aliphatic carbocycles. The van der Waals surface area contributed by atoms with Crippen molar-refractivity contribution < 1.29 is 0 Å². The first-order valence-corrected chi connectivity index (χ1v) is 16.6. The lowest BCUT2D eigenvalue weighted by Crippen LogP contribution is -1.87. The lowest BCUT2D eigenvalue weighted by Gasteiger charge is -2.04. The SMILES string of the molecule is CCCCCCCCCCCCCCCCSCCCCCCCCCCCCCCC. The summed E-state index contributed by atoms with van der Waals surface area (Å²) in [4.78, 5) is 0. The van der Waals surface area contributed by atoms with Gasteiger partial charge in [0.05, 0.1) is 0 Å². The standard InChI is InChI=1S/C31H64S/c1-3-5-7-9-11-13-15-17-19-21-23-25-27-29-31-32-30-28-26-24-22-20-18-16-14-12-10-8-6-4-2/h3-31H2,1-2H3. The molecule has 0 aliphatic rings. The molecule has 1 heteroatoms. The van der Waals surface area contributed by atoms with Crippen LogP contribution in [0.3, 0.4) is 0 Å². The highest BCUT2D eigenvalue weighted by Crippen LogP contribution is 2.16. The number of unbranched alkanes of at least 4 members (excludes halogenated alkanes) is 25. The van der Waals surface area contributed by atoms with Crippen molar-refractivity contribution >= 4 is 11.8 Å². The highest BCUT2D eigenvalue weighted by Gasteiger charge is 1.96. The average Bonchev–Trinajstić information content (AvgIpc) is 2.81. The molecule has 32 heavy (non-hydrogen) atoms. The highest BCUT2D eigenvalue weighted by atomic mass is 32.2. The Morgan fingerprint density at radius 2 is 0.438 bits per heavy atom. The van der Waals surface area contributed by atoms with Crippen molar-refractivity contribution in [1.29, 1.82) is 0 Å². The van der Waals surface area contributed by atoms with Gasteiger partial charge in [-0.2, -0.15) is 11.8 Å². The van der Waals surface area contributed by atoms with E-state index in [1.165, 1.54) is 185 Å². The van der Waals surface area contributed by atoms with Gasteiger partial charge in [0.2, 0.25) is 0 Å². The van der Waals surface area contributed by atoms with Crippen LogP contribution in [0.25, 0.3) is 0 Å². The van der Waals surface area contributed by atoms with E-state index in [-0.39, 0.29) is 0 Å². The molecule has 0 aromatic rings. The van der Waals surface area contributed by atoms with Crippen LogP contribution in [-0.2, 0) is 0 Å². The molecular formula is C31H64S. The number of hydrogen-bond donors (Lipinski definition) is 0. The lowest BCUT2D eigenvalue weighted by atomic mass is 10.0. The van der Waals surface area contributed by atoms with Crippen LogP contribution in [0.4, 0.5) is 0 Å². The van der Waals surface area contributed by atoms with Crippen molar-refractivity contribution in [3.05, 3.63) is 0 Å². The maximum Gasteiger partial charge on any atom is -0.00675 e. The van der Waals surface area contributed by atoms with E-state index < -0.39 is 0 Å². The normalized spacial score (nSPS) is 11.4. The predicted octanol–water partition coefficient (Wildman–Crippen LogP) is 12.3. The average molecular weight is 469 g/mol. The molecule has 0 saturated carbocycles. The number of rotatable bonds is 29. The van der Waals surface area contributed by atoms with E-state index in [1.54, 1.807) is 0 Å². The molecule has 0 radical (unpaired) electrons. The van der Waals surface area contributed by atoms with Crippen LogP contribution in [0.1, 0.15) is 187 Å². The number of thioether (sulfide) groups is 1. The molecule has 194 valence electrons. The Labute approximate surface area is 210 Å². The second kappa shape index (κ2) is 31.4. The van der Waals surface area contributed by atoms with E-state index >= 15 is 0 Å². The van der Waals surface area contributed by atoms with Gasteiger partial charge in [0.15, 0.2) is 0 Å². The molecule has 0 aromatic carbocycles. The molecule has 0 spiro atoms. The number of hydrogen-bond acceptors (Lipinski definition) is 1. The molecule has 0 N–H and O–H groups in total. The van der Waals surface area contributed by atoms with E-state index in [0.717, 1.165) is 0 Å². The molecule has 0 rings (SSSR count). The summed E-state index contributed by atoms with van der Waals surface area (Å²) in [5.74, 6) is 2.83. The highest BCUT2D eigenvalue weighted by molar-refractivity contribution is 7.99. The third kappa shape index (κ3) is 30.4. The van der Waals surface area contributed by atoms with Crippen molar-refractivity contribution in [3.63, 3.8) is 0 Å². The van der Waals surface area contributed by atoms with Gasteiger partial charge < -0.3 is 0 Å². The van der Waals surface area contributed by atoms with Crippen molar-refractivity contribution in [2.45, 2.75) is 187 Å². The first-order chi connectivity index (χ1) is 15.9. The molecule has 0 bridgehead atoms. The van der Waals surface area contributed by atoms with Crippen LogP contribution in [0.15, 0.2) is 0 Å². The molecule has 0 nitrogen and oxygen atoms in total. The summed E-state index contributed by atoms with van der Waals surface area (Å²) in [5.41, 5.74) is 0. The largest absolute Gasteiger partial charge is 0.162 e. The van der Waals surface area contributed by atoms with Crippen LogP contribution < -0.4 is 0 Å². The molecule has 0 amide bonds. The van der Waals surface area contributed by atoms with Crippen LogP contribution >= 0.6 is 11.8 Å². The van der Waals surface area contributed by atoms with Crippen molar-refractivity contribution in [2.75, 3.05) is 11.5 Å². The van der Waals surface area contributed by atoms with Gasteiger partial charge in [0, 0.05) is 0 Å². The topological polar surface area (TPSA) is 0 Å². The summed E-state index contributed by atoms with van der Waals surface area (Å²) in [5, 5.41) is 0. The van der Waals surface area contributed by atoms with Gasteiger partial charge in [-0.25, -0.2) is 0 Å². The minimum Gasteiger partial charge on any atom is -0.162 e. The van der Waals surface area contributed by atoms with E-state index in [1.807, 2.05) is 0 Å². The zero-order chi connectivity index (χ0) is 23.2. The summed E-state index contributed by atoms with van der Waals surface area (Å²) in [6.45, 7) is 4.61. The Morgan fingerprint density at radius 1 is 0.250 bits per heavy atom. The lowest BCUT2D eigenvalue weighted by molar-refractivity contribution is 0.538. The van der Waals surface area contributed by atoms with Gasteiger partial charge in [-0.15, -0.1) is 0 Å². The van der Waals surface area contributed by atoms with Gasteiger partial charge in [-0.1, -0.05) is 174 Å². The Bertz CT molecular complexity index is 271. The molecule has 0 unspecified atom stereocenters. The maximum atomic E-state index is 2.31. The van der Waals surface area contributed by atoms with E-state index in [0.29, 0.717) is 0 Å². The second-order valence-corrected chi connectivity index (χ2v) is 11.7. The fourth-order valence-electron chi connectivity index (χ4n) is 4.72. The minimum absolute atomic E-state index is 1.37. The van der Waals surface area contributed by atoms with Gasteiger partial charge in [0.25, 0.3) is 0 Å². The quantitative estimate of drug-likeness (QED) is 0.0983. The first-order valence-electron chi connectivity index (χ1n) is 15.5. The molecule has 0 heterocycles. The molecule has 0 atom stereocenters. The van der Waals surface area contributed by atoms with Gasteiger partial charge in [-0.3, -0.25) is 0 Å². The smallest absolute Gasteiger partial charge is 0.00675 e. The van der Waals surface area contributed by atoms with E-state index in [9.17, 15) is 0 Å². The summed E-state index contributed by atoms with van der Waals surface area (Å²) in [6, 6.07) is 0. The Hall–Kier alpha value is 0.350. The molecule has 0 aliphatic heterocycles. The summed E-state index contributed by atoms with van der Waals surface area (Å²) in [6.07, 6.45) is 39.7. The van der Waals surface area contributed by atoms with Crippen LogP contribution in [-0.4, -0.2) is 11.5 Å². The van der Waals surface area contributed by atoms with Crippen molar-refractivity contribution in [3.8, 4) is 0 Å². The Kier molecular flexibility index (Phi) is 31.7. The zero-order valence-corrected chi connectivity index (χ0v) is 23.7. The summed E-state index contributed by atoms with van der Waals surface area (Å²) < 4.78 is 0. The fraction of sp³-hybridized carbons (Fsp3) is 1.00. The van der Waals surface area contributed by atoms with Crippen LogP contribution in [0.5, 0.6) is 0 Å². The van der Waals surface area contributed by atoms with Crippen LogP contribution in [0, 0.1) is 0 Å². The Balaban J connectivity index is 2.98. The van der Waals surface area contributed by atoms with E-state index in [4.69, 9.17) is 0 Å². The van der Waals surface area contributed by atoms with Gasteiger partial charge in [0.1, 0.15) is 0 Å². The van der Waals surface area contributed by atoms with Crippen molar-refractivity contribution in [1.82, 2.24) is 0 Å². The van der Waals surface area contributed by atoms with Crippen LogP contribution in [0.2, 0.25) is 0 Å². The van der Waals surface area contributed by atoms with Gasteiger partial charge >= 0.3 is 0 Å². The third-order valence-corrected chi connectivity index (χ3v) is 8.19. The summed E-state index contributed by atoms with van der Waals surface area (Å²) >= 11 is 2.22. The van der Waals surface area contributed by atoms with E-state index in [2.05, 4.69) is 25.6 Å². The molecule has 0 aromatic heterocycles. The zero-order valence-electron chi connectivity index (χ0n) is 22.9. The van der Waals surface area contributed by atoms with Crippen molar-refractivity contribution in [2.24, 2.45) is 0 Å². The minimum atomic E-state index is 1.37. The molecule has 0 fully saturated rings. The fourth-order valence-corrected chi connectivity index (χ4v) is 5.74. The maximum absolute atomic E-state index is 2.31. The predicted molar refractivity (Wildman–Crippen MR) is 153 cm³/mol. The monoisotopic (exact) mass is 468 g/mol. The summed E-state index contributed by atoms with van der Waals surface area (Å²) in [7, 11) is 0. The Morgan fingerprint density at radius 3 is 0.656 bits per heavy atom. The molecule has 0 saturated heterocycles. The molecular weight excluding hydrogens is 404 g/mol. The third-order valence-electron chi connectivity index (χ3n) is 7.03. The second-order valence-electron chi connectivity index (χ2n) is 10.5. The van der Waals surface area contributed by atoms with Gasteiger partial charge in [-0.05, 0) is 24.3 Å².